The van der Waals surface area contributed by atoms with Crippen LogP contribution in [0.15, 0.2) is 71.8 Å². The first-order chi connectivity index (χ1) is 14.5. The molecule has 4 nitrogen and oxygen atoms in total. The quantitative estimate of drug-likeness (QED) is 0.348. The van der Waals surface area contributed by atoms with Gasteiger partial charge in [-0.3, -0.25) is 4.79 Å². The summed E-state index contributed by atoms with van der Waals surface area (Å²) < 4.78 is 13.3. The molecule has 0 unspecified atom stereocenters. The lowest BCUT2D eigenvalue weighted by molar-refractivity contribution is -0.113. The number of benzene rings is 3. The summed E-state index contributed by atoms with van der Waals surface area (Å²) in [4.78, 5) is 12.4. The van der Waals surface area contributed by atoms with E-state index in [4.69, 9.17) is 23.2 Å². The number of hydrogen-bond acceptors (Lipinski definition) is 4. The van der Waals surface area contributed by atoms with Gasteiger partial charge in [0.05, 0.1) is 21.5 Å². The van der Waals surface area contributed by atoms with Crippen LogP contribution in [0.1, 0.15) is 0 Å². The summed E-state index contributed by atoms with van der Waals surface area (Å²) >= 11 is 13.5. The van der Waals surface area contributed by atoms with Crippen LogP contribution in [0.5, 0.6) is 0 Å². The maximum atomic E-state index is 13.3. The molecule has 8 heteroatoms. The minimum Gasteiger partial charge on any atom is -0.323 e. The third kappa shape index (κ3) is 4.41. The molecule has 4 aromatic rings. The first-order valence-corrected chi connectivity index (χ1v) is 10.6. The third-order valence-electron chi connectivity index (χ3n) is 4.34. The fourth-order valence-corrected chi connectivity index (χ4v) is 4.20. The molecule has 1 aromatic heterocycles. The van der Waals surface area contributed by atoms with E-state index in [1.165, 1.54) is 23.9 Å². The Morgan fingerprint density at radius 3 is 2.27 bits per heavy atom. The van der Waals surface area contributed by atoms with E-state index in [-0.39, 0.29) is 17.5 Å². The fraction of sp³-hybridized carbons (Fsp3) is 0.0455. The van der Waals surface area contributed by atoms with Gasteiger partial charge in [-0.25, -0.2) is 4.39 Å². The lowest BCUT2D eigenvalue weighted by atomic mass is 10.1. The van der Waals surface area contributed by atoms with Gasteiger partial charge in [-0.05, 0) is 36.4 Å². The molecule has 4 rings (SSSR count). The van der Waals surface area contributed by atoms with Crippen LogP contribution in [0.4, 0.5) is 10.1 Å². The molecular weight excluding hydrogens is 444 g/mol. The Morgan fingerprint density at radius 2 is 1.57 bits per heavy atom. The molecule has 0 spiro atoms. The van der Waals surface area contributed by atoms with Crippen LogP contribution in [0.3, 0.4) is 0 Å². The average molecular weight is 458 g/mol. The number of fused-ring (bicyclic) bond motifs is 1. The van der Waals surface area contributed by atoms with Crippen molar-refractivity contribution in [2.75, 3.05) is 11.1 Å². The predicted molar refractivity (Wildman–Crippen MR) is 121 cm³/mol. The zero-order valence-corrected chi connectivity index (χ0v) is 17.7. The van der Waals surface area contributed by atoms with Crippen LogP contribution in [-0.2, 0) is 4.79 Å². The number of para-hydroxylation sites is 1. The topological polar surface area (TPSA) is 54.9 Å². The van der Waals surface area contributed by atoms with Gasteiger partial charge in [0.25, 0.3) is 0 Å². The van der Waals surface area contributed by atoms with Gasteiger partial charge < -0.3 is 5.32 Å². The number of halogens is 3. The van der Waals surface area contributed by atoms with Gasteiger partial charge in [0.2, 0.25) is 5.91 Å². The van der Waals surface area contributed by atoms with E-state index in [0.29, 0.717) is 26.5 Å². The number of rotatable bonds is 5. The molecule has 0 radical (unpaired) electrons. The Morgan fingerprint density at radius 1 is 0.900 bits per heavy atom. The van der Waals surface area contributed by atoms with Crippen LogP contribution in [0, 0.1) is 5.82 Å². The molecule has 3 aromatic carbocycles. The Balaban J connectivity index is 1.57. The highest BCUT2D eigenvalue weighted by atomic mass is 35.5. The minimum atomic E-state index is -0.312. The number of nitrogens with zero attached hydrogens (tertiary/aromatic N) is 2. The number of nitrogens with one attached hydrogen (secondary N) is 1. The van der Waals surface area contributed by atoms with Gasteiger partial charge in [-0.2, -0.15) is 0 Å². The number of amides is 1. The van der Waals surface area contributed by atoms with E-state index in [1.54, 1.807) is 30.3 Å². The van der Waals surface area contributed by atoms with E-state index in [1.807, 2.05) is 24.3 Å². The Labute approximate surface area is 186 Å². The van der Waals surface area contributed by atoms with Crippen LogP contribution in [0.25, 0.3) is 22.0 Å². The molecule has 0 fully saturated rings. The lowest BCUT2D eigenvalue weighted by Gasteiger charge is -2.10. The first-order valence-electron chi connectivity index (χ1n) is 8.91. The second kappa shape index (κ2) is 9.00. The van der Waals surface area contributed by atoms with Crippen molar-refractivity contribution in [1.29, 1.82) is 0 Å². The standard InChI is InChI=1S/C22H14Cl2FN3OS/c23-17-6-3-7-18(24)21(17)26-19(29)12-30-22-16-5-2-1-4-15(16)20(27-28-22)13-8-10-14(25)11-9-13/h1-11H,12H2,(H,26,29). The highest BCUT2D eigenvalue weighted by Crippen LogP contribution is 2.33. The van der Waals surface area contributed by atoms with Gasteiger partial charge in [0.15, 0.2) is 0 Å². The fourth-order valence-electron chi connectivity index (χ4n) is 2.93. The molecule has 0 saturated carbocycles. The molecular formula is C22H14Cl2FN3OS. The third-order valence-corrected chi connectivity index (χ3v) is 5.95. The summed E-state index contributed by atoms with van der Waals surface area (Å²) in [5, 5.41) is 14.5. The van der Waals surface area contributed by atoms with Crippen molar-refractivity contribution in [3.63, 3.8) is 0 Å². The molecule has 0 aliphatic rings. The van der Waals surface area contributed by atoms with Crippen molar-refractivity contribution in [1.82, 2.24) is 10.2 Å². The zero-order valence-electron chi connectivity index (χ0n) is 15.4. The Hall–Kier alpha value is -2.67. The van der Waals surface area contributed by atoms with Crippen molar-refractivity contribution in [2.45, 2.75) is 5.03 Å². The van der Waals surface area contributed by atoms with Gasteiger partial charge in [0, 0.05) is 16.3 Å². The SMILES string of the molecule is O=C(CSc1nnc(-c2ccc(F)cc2)c2ccccc12)Nc1c(Cl)cccc1Cl. The molecule has 0 saturated heterocycles. The molecule has 0 atom stereocenters. The van der Waals surface area contributed by atoms with Crippen molar-refractivity contribution in [3.05, 3.63) is 82.6 Å². The molecule has 1 amide bonds. The largest absolute Gasteiger partial charge is 0.323 e. The van der Waals surface area contributed by atoms with E-state index >= 15 is 0 Å². The number of anilines is 1. The second-order valence-electron chi connectivity index (χ2n) is 6.34. The Bertz CT molecular complexity index is 1210. The number of hydrogen-bond donors (Lipinski definition) is 1. The maximum Gasteiger partial charge on any atom is 0.234 e. The van der Waals surface area contributed by atoms with Crippen LogP contribution >= 0.6 is 35.0 Å². The van der Waals surface area contributed by atoms with Gasteiger partial charge >= 0.3 is 0 Å². The van der Waals surface area contributed by atoms with Gasteiger partial charge in [-0.15, -0.1) is 10.2 Å². The van der Waals surface area contributed by atoms with E-state index in [9.17, 15) is 9.18 Å². The monoisotopic (exact) mass is 457 g/mol. The van der Waals surface area contributed by atoms with Crippen molar-refractivity contribution < 1.29 is 9.18 Å². The summed E-state index contributed by atoms with van der Waals surface area (Å²) in [5.74, 6) is -0.466. The number of aromatic nitrogens is 2. The van der Waals surface area contributed by atoms with Crippen LogP contribution in [0.2, 0.25) is 10.0 Å². The van der Waals surface area contributed by atoms with Crippen LogP contribution in [-0.4, -0.2) is 21.9 Å². The summed E-state index contributed by atoms with van der Waals surface area (Å²) in [7, 11) is 0. The maximum absolute atomic E-state index is 13.3. The van der Waals surface area contributed by atoms with Gasteiger partial charge in [0.1, 0.15) is 16.5 Å². The number of thioether (sulfide) groups is 1. The molecule has 0 aliphatic carbocycles. The summed E-state index contributed by atoms with van der Waals surface area (Å²) in [6.45, 7) is 0. The normalized spacial score (nSPS) is 10.9. The number of carbonyl (C=O) groups is 1. The molecule has 0 bridgehead atoms. The molecule has 1 N–H and O–H groups in total. The highest BCUT2D eigenvalue weighted by Gasteiger charge is 2.14. The van der Waals surface area contributed by atoms with Crippen LogP contribution < -0.4 is 5.32 Å². The van der Waals surface area contributed by atoms with E-state index in [0.717, 1.165) is 16.3 Å². The zero-order chi connectivity index (χ0) is 21.1. The Kier molecular flexibility index (Phi) is 6.18. The predicted octanol–water partition coefficient (Wildman–Crippen LogP) is 6.47. The first kappa shape index (κ1) is 20.6. The summed E-state index contributed by atoms with van der Waals surface area (Å²) in [6.07, 6.45) is 0. The van der Waals surface area contributed by atoms with E-state index in [2.05, 4.69) is 15.5 Å². The number of carbonyl (C=O) groups excluding carboxylic acids is 1. The second-order valence-corrected chi connectivity index (χ2v) is 8.12. The van der Waals surface area contributed by atoms with Gasteiger partial charge in [-0.1, -0.05) is 65.3 Å². The molecule has 1 heterocycles. The average Bonchev–Trinajstić information content (AvgIpc) is 2.75. The molecule has 0 aliphatic heterocycles. The van der Waals surface area contributed by atoms with Crippen molar-refractivity contribution >= 4 is 57.3 Å². The molecule has 30 heavy (non-hydrogen) atoms. The molecule has 150 valence electrons. The van der Waals surface area contributed by atoms with Crippen molar-refractivity contribution in [3.8, 4) is 11.3 Å². The lowest BCUT2D eigenvalue weighted by Crippen LogP contribution is -2.15. The summed E-state index contributed by atoms with van der Waals surface area (Å²) in [5.41, 5.74) is 1.80. The van der Waals surface area contributed by atoms with Crippen molar-refractivity contribution in [2.24, 2.45) is 0 Å². The summed E-state index contributed by atoms with van der Waals surface area (Å²) in [6, 6.07) is 18.8. The minimum absolute atomic E-state index is 0.107. The van der Waals surface area contributed by atoms with E-state index < -0.39 is 0 Å². The smallest absolute Gasteiger partial charge is 0.234 e. The highest BCUT2D eigenvalue weighted by molar-refractivity contribution is 8.00.